The molecule has 0 saturated heterocycles. The van der Waals surface area contributed by atoms with Crippen molar-refractivity contribution >= 4 is 11.9 Å². The van der Waals surface area contributed by atoms with Crippen molar-refractivity contribution in [2.24, 2.45) is 5.73 Å². The highest BCUT2D eigenvalue weighted by molar-refractivity contribution is 5.94. The summed E-state index contributed by atoms with van der Waals surface area (Å²) >= 11 is 0. The van der Waals surface area contributed by atoms with Crippen LogP contribution in [0.3, 0.4) is 0 Å². The average molecular weight is 292 g/mol. The van der Waals surface area contributed by atoms with E-state index in [-0.39, 0.29) is 12.3 Å². The smallest absolute Gasteiger partial charge is 0.321 e. The zero-order valence-electron chi connectivity index (χ0n) is 12.5. The number of hydrogen-bond acceptors (Lipinski definition) is 4. The van der Waals surface area contributed by atoms with Crippen LogP contribution in [0, 0.1) is 0 Å². The molecule has 0 bridgehead atoms. The van der Waals surface area contributed by atoms with Crippen LogP contribution in [-0.4, -0.2) is 50.1 Å². The number of carbonyl (C=O) groups excluding carboxylic acids is 2. The van der Waals surface area contributed by atoms with Crippen LogP contribution in [0.15, 0.2) is 30.3 Å². The first-order valence-corrected chi connectivity index (χ1v) is 7.13. The summed E-state index contributed by atoms with van der Waals surface area (Å²) in [6, 6.07) is 9.70. The fourth-order valence-corrected chi connectivity index (χ4v) is 1.96. The van der Waals surface area contributed by atoms with Crippen LogP contribution in [0.5, 0.6) is 0 Å². The highest BCUT2D eigenvalue weighted by Crippen LogP contribution is 2.02. The third-order valence-corrected chi connectivity index (χ3v) is 3.14. The van der Waals surface area contributed by atoms with Gasteiger partial charge < -0.3 is 16.0 Å². The van der Waals surface area contributed by atoms with Gasteiger partial charge in [-0.2, -0.15) is 0 Å². The number of imide groups is 1. The number of carbonyl (C=O) groups is 2. The predicted molar refractivity (Wildman–Crippen MR) is 82.9 cm³/mol. The largest absolute Gasteiger partial charge is 0.341 e. The highest BCUT2D eigenvalue weighted by atomic mass is 16.2. The molecule has 3 amide bonds. The predicted octanol–water partition coefficient (Wildman–Crippen LogP) is 0.336. The van der Waals surface area contributed by atoms with Crippen LogP contribution in [0.2, 0.25) is 0 Å². The fraction of sp³-hybridized carbons (Fsp3) is 0.467. The van der Waals surface area contributed by atoms with Crippen LogP contribution in [0.4, 0.5) is 4.79 Å². The molecule has 0 heterocycles. The van der Waals surface area contributed by atoms with Gasteiger partial charge in [-0.1, -0.05) is 30.3 Å². The molecule has 0 spiro atoms. The summed E-state index contributed by atoms with van der Waals surface area (Å²) < 4.78 is 0. The Labute approximate surface area is 125 Å². The van der Waals surface area contributed by atoms with E-state index in [1.807, 2.05) is 18.2 Å². The second-order valence-corrected chi connectivity index (χ2v) is 4.74. The minimum atomic E-state index is -0.477. The molecule has 0 unspecified atom stereocenters. The van der Waals surface area contributed by atoms with Crippen LogP contribution in [0.1, 0.15) is 12.0 Å². The lowest BCUT2D eigenvalue weighted by molar-refractivity contribution is -0.120. The Balaban J connectivity index is 2.35. The van der Waals surface area contributed by atoms with Crippen molar-refractivity contribution in [3.8, 4) is 0 Å². The van der Waals surface area contributed by atoms with E-state index in [0.717, 1.165) is 19.5 Å². The number of benzene rings is 1. The van der Waals surface area contributed by atoms with E-state index in [2.05, 4.69) is 27.7 Å². The first kappa shape index (κ1) is 17.1. The Bertz CT molecular complexity index is 437. The maximum Gasteiger partial charge on any atom is 0.321 e. The number of nitrogens with zero attached hydrogens (tertiary/aromatic N) is 1. The first-order valence-electron chi connectivity index (χ1n) is 7.13. The van der Waals surface area contributed by atoms with Gasteiger partial charge in [-0.05, 0) is 12.0 Å². The molecule has 116 valence electrons. The molecule has 0 fully saturated rings. The van der Waals surface area contributed by atoms with Crippen LogP contribution >= 0.6 is 0 Å². The lowest BCUT2D eigenvalue weighted by atomic mass is 10.1. The molecule has 0 radical (unpaired) electrons. The minimum absolute atomic E-state index is 0.280. The van der Waals surface area contributed by atoms with E-state index in [4.69, 9.17) is 5.73 Å². The second kappa shape index (κ2) is 9.90. The number of urea groups is 1. The molecular weight excluding hydrogens is 268 g/mol. The van der Waals surface area contributed by atoms with Gasteiger partial charge in [0, 0.05) is 39.6 Å². The molecule has 6 nitrogen and oxygen atoms in total. The van der Waals surface area contributed by atoms with Crippen LogP contribution < -0.4 is 16.4 Å². The molecule has 0 aliphatic heterocycles. The fourth-order valence-electron chi connectivity index (χ4n) is 1.96. The van der Waals surface area contributed by atoms with Gasteiger partial charge in [-0.15, -0.1) is 0 Å². The van der Waals surface area contributed by atoms with Crippen molar-refractivity contribution in [2.75, 3.05) is 33.2 Å². The molecule has 4 N–H and O–H groups in total. The summed E-state index contributed by atoms with van der Waals surface area (Å²) in [4.78, 5) is 24.7. The van der Waals surface area contributed by atoms with Gasteiger partial charge in [0.05, 0.1) is 0 Å². The second-order valence-electron chi connectivity index (χ2n) is 4.74. The molecule has 21 heavy (non-hydrogen) atoms. The van der Waals surface area contributed by atoms with Crippen molar-refractivity contribution in [1.29, 1.82) is 0 Å². The molecule has 0 aliphatic carbocycles. The standard InChI is InChI=1S/C15H24N4O2/c1-17-15(21)18-14(20)8-11-19(12-9-16)10-7-13-5-3-2-4-6-13/h2-6H,7-12,16H2,1H3,(H2,17,18,20,21). The number of hydrogen-bond donors (Lipinski definition) is 3. The van der Waals surface area contributed by atoms with Crippen molar-refractivity contribution in [1.82, 2.24) is 15.5 Å². The quantitative estimate of drug-likeness (QED) is 0.644. The summed E-state index contributed by atoms with van der Waals surface area (Å²) in [5, 5.41) is 4.60. The lowest BCUT2D eigenvalue weighted by Gasteiger charge is -2.21. The van der Waals surface area contributed by atoms with Crippen LogP contribution in [0.25, 0.3) is 0 Å². The third kappa shape index (κ3) is 7.43. The van der Waals surface area contributed by atoms with E-state index in [1.54, 1.807) is 0 Å². The van der Waals surface area contributed by atoms with Gasteiger partial charge >= 0.3 is 6.03 Å². The lowest BCUT2D eigenvalue weighted by Crippen LogP contribution is -2.40. The Morgan fingerprint density at radius 1 is 1.14 bits per heavy atom. The molecule has 1 aromatic carbocycles. The zero-order chi connectivity index (χ0) is 15.5. The Hall–Kier alpha value is -1.92. The number of nitrogens with one attached hydrogen (secondary N) is 2. The van der Waals surface area contributed by atoms with E-state index in [0.29, 0.717) is 13.1 Å². The SMILES string of the molecule is CNC(=O)NC(=O)CCN(CCN)CCc1ccccc1. The molecule has 0 aliphatic rings. The number of rotatable bonds is 8. The van der Waals surface area contributed by atoms with E-state index < -0.39 is 6.03 Å². The zero-order valence-corrected chi connectivity index (χ0v) is 12.5. The Morgan fingerprint density at radius 2 is 1.86 bits per heavy atom. The molecule has 1 rings (SSSR count). The summed E-state index contributed by atoms with van der Waals surface area (Å²) in [7, 11) is 1.48. The number of amides is 3. The van der Waals surface area contributed by atoms with Crippen molar-refractivity contribution in [3.63, 3.8) is 0 Å². The van der Waals surface area contributed by atoms with Gasteiger partial charge in [0.25, 0.3) is 0 Å². The van der Waals surface area contributed by atoms with E-state index in [9.17, 15) is 9.59 Å². The van der Waals surface area contributed by atoms with E-state index in [1.165, 1.54) is 12.6 Å². The number of nitrogens with two attached hydrogens (primary N) is 1. The molecule has 0 aromatic heterocycles. The first-order chi connectivity index (χ1) is 10.2. The summed E-state index contributed by atoms with van der Waals surface area (Å²) in [6.07, 6.45) is 1.19. The maximum absolute atomic E-state index is 11.6. The Kier molecular flexibility index (Phi) is 8.08. The highest BCUT2D eigenvalue weighted by Gasteiger charge is 2.10. The normalized spacial score (nSPS) is 10.4. The Morgan fingerprint density at radius 3 is 2.48 bits per heavy atom. The van der Waals surface area contributed by atoms with Gasteiger partial charge in [0.2, 0.25) is 5.91 Å². The maximum atomic E-state index is 11.6. The van der Waals surface area contributed by atoms with Gasteiger partial charge in [-0.25, -0.2) is 4.79 Å². The van der Waals surface area contributed by atoms with Crippen LogP contribution in [-0.2, 0) is 11.2 Å². The summed E-state index contributed by atoms with van der Waals surface area (Å²) in [5.74, 6) is -0.281. The molecule has 0 saturated carbocycles. The molecule has 1 aromatic rings. The molecular formula is C15H24N4O2. The van der Waals surface area contributed by atoms with Gasteiger partial charge in [-0.3, -0.25) is 10.1 Å². The third-order valence-electron chi connectivity index (χ3n) is 3.14. The van der Waals surface area contributed by atoms with Crippen molar-refractivity contribution in [2.45, 2.75) is 12.8 Å². The summed E-state index contributed by atoms with van der Waals surface area (Å²) in [5.41, 5.74) is 6.86. The minimum Gasteiger partial charge on any atom is -0.341 e. The van der Waals surface area contributed by atoms with Gasteiger partial charge in [0.1, 0.15) is 0 Å². The van der Waals surface area contributed by atoms with Crippen molar-refractivity contribution < 1.29 is 9.59 Å². The summed E-state index contributed by atoms with van der Waals surface area (Å²) in [6.45, 7) is 2.72. The monoisotopic (exact) mass is 292 g/mol. The molecule has 0 atom stereocenters. The average Bonchev–Trinajstić information content (AvgIpc) is 2.51. The van der Waals surface area contributed by atoms with Gasteiger partial charge in [0.15, 0.2) is 0 Å². The molecule has 6 heteroatoms. The van der Waals surface area contributed by atoms with E-state index >= 15 is 0 Å². The topological polar surface area (TPSA) is 87.5 Å². The van der Waals surface area contributed by atoms with Crippen molar-refractivity contribution in [3.05, 3.63) is 35.9 Å².